The van der Waals surface area contributed by atoms with Crippen LogP contribution in [-0.4, -0.2) is 29.3 Å². The third kappa shape index (κ3) is 4.01. The van der Waals surface area contributed by atoms with Crippen LogP contribution in [0, 0.1) is 0 Å². The third-order valence-electron chi connectivity index (χ3n) is 1.98. The predicted molar refractivity (Wildman–Crippen MR) is 61.7 cm³/mol. The molecule has 2 N–H and O–H groups in total. The van der Waals surface area contributed by atoms with Crippen molar-refractivity contribution in [3.63, 3.8) is 0 Å². The summed E-state index contributed by atoms with van der Waals surface area (Å²) in [4.78, 5) is 4.11. The number of aliphatic imine (C=N–C) groups is 1. The predicted octanol–water partition coefficient (Wildman–Crippen LogP) is 0.495. The van der Waals surface area contributed by atoms with E-state index >= 15 is 0 Å². The molecule has 0 saturated heterocycles. The molecular weight excluding hydrogens is 190 g/mol. The number of aryl methyl sites for hydroxylation is 1. The minimum atomic E-state index is 0.747. The van der Waals surface area contributed by atoms with Crippen molar-refractivity contribution in [2.75, 3.05) is 13.6 Å². The van der Waals surface area contributed by atoms with Gasteiger partial charge >= 0.3 is 0 Å². The first-order chi connectivity index (χ1) is 7.26. The van der Waals surface area contributed by atoms with E-state index in [1.54, 1.807) is 11.7 Å². The highest BCUT2D eigenvalue weighted by Crippen LogP contribution is 1.94. The van der Waals surface area contributed by atoms with Gasteiger partial charge in [0.2, 0.25) is 0 Å². The Morgan fingerprint density at radius 3 is 2.87 bits per heavy atom. The Labute approximate surface area is 90.6 Å². The van der Waals surface area contributed by atoms with Gasteiger partial charge < -0.3 is 10.6 Å². The molecule has 1 rings (SSSR count). The van der Waals surface area contributed by atoms with Crippen LogP contribution in [0.25, 0.3) is 0 Å². The smallest absolute Gasteiger partial charge is 0.191 e. The molecule has 84 valence electrons. The summed E-state index contributed by atoms with van der Waals surface area (Å²) in [7, 11) is 3.68. The van der Waals surface area contributed by atoms with Gasteiger partial charge in [0.25, 0.3) is 0 Å². The molecule has 0 fully saturated rings. The maximum atomic E-state index is 4.11. The van der Waals surface area contributed by atoms with Gasteiger partial charge in [0.15, 0.2) is 5.96 Å². The van der Waals surface area contributed by atoms with E-state index in [0.29, 0.717) is 0 Å². The first-order valence-electron chi connectivity index (χ1n) is 5.18. The molecule has 0 aromatic carbocycles. The monoisotopic (exact) mass is 209 g/mol. The number of aromatic nitrogens is 2. The molecule has 0 atom stereocenters. The van der Waals surface area contributed by atoms with Crippen molar-refractivity contribution in [1.29, 1.82) is 0 Å². The van der Waals surface area contributed by atoms with Gasteiger partial charge in [0, 0.05) is 38.9 Å². The summed E-state index contributed by atoms with van der Waals surface area (Å²) in [5.41, 5.74) is 1.15. The summed E-state index contributed by atoms with van der Waals surface area (Å²) in [5.74, 6) is 0.834. The zero-order chi connectivity index (χ0) is 11.1. The van der Waals surface area contributed by atoms with E-state index in [1.807, 2.05) is 19.4 Å². The van der Waals surface area contributed by atoms with Crippen LogP contribution < -0.4 is 10.6 Å². The molecular formula is C10H19N5. The molecule has 0 unspecified atom stereocenters. The highest BCUT2D eigenvalue weighted by molar-refractivity contribution is 5.79. The topological polar surface area (TPSA) is 54.2 Å². The maximum Gasteiger partial charge on any atom is 0.191 e. The van der Waals surface area contributed by atoms with Crippen LogP contribution in [0.2, 0.25) is 0 Å². The molecule has 5 nitrogen and oxygen atoms in total. The Morgan fingerprint density at radius 1 is 1.53 bits per heavy atom. The highest BCUT2D eigenvalue weighted by atomic mass is 15.2. The van der Waals surface area contributed by atoms with Gasteiger partial charge in [-0.05, 0) is 6.42 Å². The van der Waals surface area contributed by atoms with E-state index in [4.69, 9.17) is 0 Å². The zero-order valence-electron chi connectivity index (χ0n) is 9.62. The maximum absolute atomic E-state index is 4.11. The van der Waals surface area contributed by atoms with E-state index in [2.05, 4.69) is 27.6 Å². The average molecular weight is 209 g/mol. The summed E-state index contributed by atoms with van der Waals surface area (Å²) in [6.45, 7) is 3.81. The molecule has 1 heterocycles. The number of hydrogen-bond acceptors (Lipinski definition) is 2. The molecule has 5 heteroatoms. The second kappa shape index (κ2) is 6.06. The number of guanidine groups is 1. The number of nitrogens with zero attached hydrogens (tertiary/aromatic N) is 3. The van der Waals surface area contributed by atoms with E-state index in [-0.39, 0.29) is 0 Å². The fourth-order valence-corrected chi connectivity index (χ4v) is 1.21. The second-order valence-electron chi connectivity index (χ2n) is 3.37. The van der Waals surface area contributed by atoms with Crippen molar-refractivity contribution in [2.45, 2.75) is 19.9 Å². The van der Waals surface area contributed by atoms with Crippen molar-refractivity contribution >= 4 is 5.96 Å². The van der Waals surface area contributed by atoms with Gasteiger partial charge in [-0.3, -0.25) is 9.67 Å². The molecule has 0 aliphatic heterocycles. The van der Waals surface area contributed by atoms with Gasteiger partial charge in [-0.2, -0.15) is 5.10 Å². The summed E-state index contributed by atoms with van der Waals surface area (Å²) in [6.07, 6.45) is 4.92. The molecule has 1 aromatic rings. The lowest BCUT2D eigenvalue weighted by Crippen LogP contribution is -2.37. The van der Waals surface area contributed by atoms with Gasteiger partial charge in [0.05, 0.1) is 6.20 Å². The van der Waals surface area contributed by atoms with Crippen LogP contribution in [-0.2, 0) is 13.6 Å². The number of nitrogens with one attached hydrogen (secondary N) is 2. The van der Waals surface area contributed by atoms with Crippen molar-refractivity contribution in [2.24, 2.45) is 12.0 Å². The van der Waals surface area contributed by atoms with E-state index in [9.17, 15) is 0 Å². The summed E-state index contributed by atoms with van der Waals surface area (Å²) in [6, 6.07) is 0. The van der Waals surface area contributed by atoms with Crippen LogP contribution in [0.1, 0.15) is 18.9 Å². The fraction of sp³-hybridized carbons (Fsp3) is 0.600. The Balaban J connectivity index is 2.34. The Hall–Kier alpha value is -1.52. The van der Waals surface area contributed by atoms with Crippen molar-refractivity contribution in [3.05, 3.63) is 18.0 Å². The van der Waals surface area contributed by atoms with Crippen molar-refractivity contribution in [1.82, 2.24) is 20.4 Å². The van der Waals surface area contributed by atoms with Crippen LogP contribution >= 0.6 is 0 Å². The summed E-state index contributed by atoms with van der Waals surface area (Å²) in [5, 5.41) is 10.5. The lowest BCUT2D eigenvalue weighted by molar-refractivity contribution is 0.763. The fourth-order valence-electron chi connectivity index (χ4n) is 1.21. The van der Waals surface area contributed by atoms with Gasteiger partial charge in [0.1, 0.15) is 0 Å². The first kappa shape index (κ1) is 11.6. The molecule has 0 radical (unpaired) electrons. The molecule has 0 bridgehead atoms. The Morgan fingerprint density at radius 2 is 2.33 bits per heavy atom. The molecule has 0 aliphatic carbocycles. The Kier molecular flexibility index (Phi) is 4.66. The third-order valence-corrected chi connectivity index (χ3v) is 1.98. The Bertz CT molecular complexity index is 315. The summed E-state index contributed by atoms with van der Waals surface area (Å²) < 4.78 is 1.79. The largest absolute Gasteiger partial charge is 0.356 e. The highest BCUT2D eigenvalue weighted by Gasteiger charge is 1.98. The second-order valence-corrected chi connectivity index (χ2v) is 3.37. The number of hydrogen-bond donors (Lipinski definition) is 2. The standard InChI is InChI=1S/C10H19N5/c1-4-5-12-10(11-2)13-6-9-7-14-15(3)8-9/h7-8H,4-6H2,1-3H3,(H2,11,12,13). The van der Waals surface area contributed by atoms with Crippen LogP contribution in [0.3, 0.4) is 0 Å². The molecule has 15 heavy (non-hydrogen) atoms. The first-order valence-corrected chi connectivity index (χ1v) is 5.18. The lowest BCUT2D eigenvalue weighted by Gasteiger charge is -2.09. The molecule has 0 aliphatic rings. The quantitative estimate of drug-likeness (QED) is 0.560. The molecule has 0 spiro atoms. The molecule has 1 aromatic heterocycles. The number of rotatable bonds is 4. The minimum absolute atomic E-state index is 0.747. The molecule has 0 saturated carbocycles. The van der Waals surface area contributed by atoms with Crippen molar-refractivity contribution < 1.29 is 0 Å². The molecule has 0 amide bonds. The normalized spacial score (nSPS) is 11.5. The van der Waals surface area contributed by atoms with Gasteiger partial charge in [-0.15, -0.1) is 0 Å². The minimum Gasteiger partial charge on any atom is -0.356 e. The van der Waals surface area contributed by atoms with E-state index in [0.717, 1.165) is 31.0 Å². The van der Waals surface area contributed by atoms with Crippen molar-refractivity contribution in [3.8, 4) is 0 Å². The average Bonchev–Trinajstić information content (AvgIpc) is 2.65. The van der Waals surface area contributed by atoms with Crippen LogP contribution in [0.4, 0.5) is 0 Å². The van der Waals surface area contributed by atoms with E-state index in [1.165, 1.54) is 0 Å². The van der Waals surface area contributed by atoms with Gasteiger partial charge in [-0.25, -0.2) is 0 Å². The lowest BCUT2D eigenvalue weighted by atomic mass is 10.4. The SMILES string of the molecule is CCCNC(=NC)NCc1cnn(C)c1. The summed E-state index contributed by atoms with van der Waals surface area (Å²) >= 11 is 0. The van der Waals surface area contributed by atoms with Crippen LogP contribution in [0.5, 0.6) is 0 Å². The van der Waals surface area contributed by atoms with Gasteiger partial charge in [-0.1, -0.05) is 6.92 Å². The zero-order valence-corrected chi connectivity index (χ0v) is 9.62. The van der Waals surface area contributed by atoms with Crippen LogP contribution in [0.15, 0.2) is 17.4 Å². The van der Waals surface area contributed by atoms with E-state index < -0.39 is 0 Å².